The summed E-state index contributed by atoms with van der Waals surface area (Å²) in [6, 6.07) is 12.1. The smallest absolute Gasteiger partial charge is 0.325 e. The molecule has 0 atom stereocenters. The van der Waals surface area contributed by atoms with E-state index in [9.17, 15) is 15.3 Å². The molecule has 0 bridgehead atoms. The number of nitrogens with two attached hydrogens (primary N) is 1. The number of carbonyl (C=O) groups excluding carboxylic acids is 1. The summed E-state index contributed by atoms with van der Waals surface area (Å²) >= 11 is 0. The number of hydrogen-bond donors (Lipinski definition) is 1. The minimum Gasteiger partial charge on any atom is -0.465 e. The van der Waals surface area contributed by atoms with Crippen molar-refractivity contribution in [1.29, 1.82) is 10.5 Å². The third-order valence-electron chi connectivity index (χ3n) is 5.71. The summed E-state index contributed by atoms with van der Waals surface area (Å²) in [5, 5.41) is 20.3. The number of aromatic nitrogens is 2. The summed E-state index contributed by atoms with van der Waals surface area (Å²) in [4.78, 5) is 16.5. The lowest BCUT2D eigenvalue weighted by atomic mass is 9.95. The van der Waals surface area contributed by atoms with Crippen molar-refractivity contribution < 1.29 is 9.53 Å². The number of allylic oxidation sites excluding steroid dienone is 3. The summed E-state index contributed by atoms with van der Waals surface area (Å²) in [6.45, 7) is 5.89. The van der Waals surface area contributed by atoms with Crippen molar-refractivity contribution >= 4 is 39.9 Å². The first kappa shape index (κ1) is 20.9. The molecule has 4 rings (SSSR count). The van der Waals surface area contributed by atoms with Gasteiger partial charge in [0.1, 0.15) is 24.5 Å². The van der Waals surface area contributed by atoms with Gasteiger partial charge >= 0.3 is 5.97 Å². The van der Waals surface area contributed by atoms with Crippen molar-refractivity contribution in [1.82, 2.24) is 9.55 Å². The molecular formula is C25H21N5O2. The quantitative estimate of drug-likeness (QED) is 0.628. The highest BCUT2D eigenvalue weighted by Crippen LogP contribution is 2.44. The molecule has 158 valence electrons. The van der Waals surface area contributed by atoms with E-state index in [1.165, 1.54) is 0 Å². The van der Waals surface area contributed by atoms with Crippen molar-refractivity contribution in [3.05, 3.63) is 64.0 Å². The zero-order valence-electron chi connectivity index (χ0n) is 18.1. The van der Waals surface area contributed by atoms with Gasteiger partial charge in [0, 0.05) is 28.2 Å². The van der Waals surface area contributed by atoms with E-state index in [-0.39, 0.29) is 18.3 Å². The molecule has 0 spiro atoms. The Morgan fingerprint density at radius 2 is 2.00 bits per heavy atom. The maximum Gasteiger partial charge on any atom is 0.325 e. The number of nitrogen functional groups attached to an aromatic ring is 1. The molecule has 2 aromatic heterocycles. The van der Waals surface area contributed by atoms with Crippen molar-refractivity contribution in [2.75, 3.05) is 12.3 Å². The maximum atomic E-state index is 12.1. The van der Waals surface area contributed by atoms with Crippen LogP contribution in [0.5, 0.6) is 0 Å². The monoisotopic (exact) mass is 423 g/mol. The molecule has 3 aromatic rings. The molecule has 0 unspecified atom stereocenters. The minimum atomic E-state index is -0.310. The molecule has 0 amide bonds. The maximum absolute atomic E-state index is 12.1. The largest absolute Gasteiger partial charge is 0.465 e. The zero-order chi connectivity index (χ0) is 23.0. The highest BCUT2D eigenvalue weighted by atomic mass is 16.5. The number of nitriles is 2. The van der Waals surface area contributed by atoms with Crippen LogP contribution in [0.1, 0.15) is 41.8 Å². The van der Waals surface area contributed by atoms with E-state index < -0.39 is 0 Å². The van der Waals surface area contributed by atoms with Gasteiger partial charge in [-0.1, -0.05) is 18.2 Å². The molecule has 0 saturated heterocycles. The molecular weight excluding hydrogens is 402 g/mol. The SMILES string of the molecule is CCOC(=O)Cn1cc(C=C2C(C)=C(C#N)c3nc(N)c(C#N)c(C)c32)c2ccccc21. The lowest BCUT2D eigenvalue weighted by Gasteiger charge is -2.10. The van der Waals surface area contributed by atoms with Gasteiger partial charge < -0.3 is 15.0 Å². The Morgan fingerprint density at radius 3 is 2.69 bits per heavy atom. The van der Waals surface area contributed by atoms with E-state index in [2.05, 4.69) is 17.1 Å². The predicted molar refractivity (Wildman–Crippen MR) is 123 cm³/mol. The molecule has 1 aliphatic rings. The normalized spacial score (nSPS) is 13.8. The summed E-state index contributed by atoms with van der Waals surface area (Å²) < 4.78 is 6.97. The van der Waals surface area contributed by atoms with Crippen LogP contribution in [0.15, 0.2) is 36.0 Å². The van der Waals surface area contributed by atoms with E-state index >= 15 is 0 Å². The van der Waals surface area contributed by atoms with Crippen LogP contribution < -0.4 is 5.73 Å². The first-order valence-electron chi connectivity index (χ1n) is 10.2. The van der Waals surface area contributed by atoms with Crippen molar-refractivity contribution in [3.8, 4) is 12.1 Å². The Balaban J connectivity index is 1.95. The lowest BCUT2D eigenvalue weighted by Crippen LogP contribution is -2.12. The van der Waals surface area contributed by atoms with Crippen LogP contribution in [0.25, 0.3) is 28.1 Å². The number of carbonyl (C=O) groups is 1. The van der Waals surface area contributed by atoms with Crippen molar-refractivity contribution in [3.63, 3.8) is 0 Å². The van der Waals surface area contributed by atoms with E-state index in [1.54, 1.807) is 6.92 Å². The fraction of sp³-hybridized carbons (Fsp3) is 0.200. The van der Waals surface area contributed by atoms with Gasteiger partial charge in [-0.05, 0) is 49.6 Å². The van der Waals surface area contributed by atoms with Gasteiger partial charge in [0.05, 0.1) is 23.4 Å². The number of rotatable bonds is 4. The third kappa shape index (κ3) is 3.21. The summed E-state index contributed by atoms with van der Waals surface area (Å²) in [5.41, 5.74) is 12.1. The minimum absolute atomic E-state index is 0.0993. The number of ether oxygens (including phenoxy) is 1. The number of nitrogens with zero attached hydrogens (tertiary/aromatic N) is 4. The molecule has 32 heavy (non-hydrogen) atoms. The second-order valence-corrected chi connectivity index (χ2v) is 7.54. The Bertz CT molecular complexity index is 1430. The van der Waals surface area contributed by atoms with Gasteiger partial charge in [-0.25, -0.2) is 4.98 Å². The third-order valence-corrected chi connectivity index (χ3v) is 5.71. The average molecular weight is 423 g/mol. The van der Waals surface area contributed by atoms with Crippen LogP contribution in [-0.4, -0.2) is 22.1 Å². The van der Waals surface area contributed by atoms with Crippen molar-refractivity contribution in [2.24, 2.45) is 0 Å². The van der Waals surface area contributed by atoms with E-state index in [0.29, 0.717) is 29.0 Å². The molecule has 1 aromatic carbocycles. The van der Waals surface area contributed by atoms with E-state index in [0.717, 1.165) is 33.2 Å². The number of fused-ring (bicyclic) bond motifs is 2. The first-order valence-corrected chi connectivity index (χ1v) is 10.2. The average Bonchev–Trinajstić information content (AvgIpc) is 3.23. The standard InChI is InChI=1S/C25H21N5O2/c1-4-32-22(31)13-30-12-16(17-7-5-6-8-21(17)30)9-18-14(2)19(10-26)24-23(18)15(3)20(11-27)25(28)29-24/h5-9,12H,4,13H2,1-3H3,(H2,28,29). The predicted octanol–water partition coefficient (Wildman–Crippen LogP) is 4.21. The molecule has 1 aliphatic carbocycles. The number of para-hydroxylation sites is 1. The van der Waals surface area contributed by atoms with Crippen LogP contribution in [0.3, 0.4) is 0 Å². The van der Waals surface area contributed by atoms with Crippen LogP contribution in [0.2, 0.25) is 0 Å². The Labute approximate surface area is 185 Å². The molecule has 2 heterocycles. The van der Waals surface area contributed by atoms with Gasteiger partial charge in [-0.2, -0.15) is 10.5 Å². The molecule has 7 heteroatoms. The summed E-state index contributed by atoms with van der Waals surface area (Å²) in [5.74, 6) is -0.188. The number of esters is 1. The Morgan fingerprint density at radius 1 is 1.25 bits per heavy atom. The number of anilines is 1. The molecule has 0 saturated carbocycles. The van der Waals surface area contributed by atoms with Crippen LogP contribution in [0, 0.1) is 29.6 Å². The lowest BCUT2D eigenvalue weighted by molar-refractivity contribution is -0.143. The highest BCUT2D eigenvalue weighted by molar-refractivity contribution is 6.10. The molecule has 0 fully saturated rings. The zero-order valence-corrected chi connectivity index (χ0v) is 18.1. The van der Waals surface area contributed by atoms with Gasteiger partial charge in [-0.15, -0.1) is 0 Å². The fourth-order valence-electron chi connectivity index (χ4n) is 4.22. The topological polar surface area (TPSA) is 118 Å². The van der Waals surface area contributed by atoms with Crippen molar-refractivity contribution in [2.45, 2.75) is 27.3 Å². The molecule has 2 N–H and O–H groups in total. The Hall–Kier alpha value is -4.36. The second kappa shape index (κ2) is 8.05. The fourth-order valence-corrected chi connectivity index (χ4v) is 4.22. The van der Waals surface area contributed by atoms with Gasteiger partial charge in [0.15, 0.2) is 0 Å². The molecule has 7 nitrogen and oxygen atoms in total. The first-order chi connectivity index (χ1) is 15.4. The number of benzene rings is 1. The molecule has 0 radical (unpaired) electrons. The van der Waals surface area contributed by atoms with Crippen LogP contribution >= 0.6 is 0 Å². The number of pyridine rings is 1. The highest BCUT2D eigenvalue weighted by Gasteiger charge is 2.30. The number of hydrogen-bond acceptors (Lipinski definition) is 6. The summed E-state index contributed by atoms with van der Waals surface area (Å²) in [7, 11) is 0. The van der Waals surface area contributed by atoms with Crippen LogP contribution in [0.4, 0.5) is 5.82 Å². The Kier molecular flexibility index (Phi) is 5.26. The molecule has 0 aliphatic heterocycles. The van der Waals surface area contributed by atoms with E-state index in [4.69, 9.17) is 10.5 Å². The van der Waals surface area contributed by atoms with Gasteiger partial charge in [0.25, 0.3) is 0 Å². The van der Waals surface area contributed by atoms with Gasteiger partial charge in [0.2, 0.25) is 0 Å². The second-order valence-electron chi connectivity index (χ2n) is 7.54. The van der Waals surface area contributed by atoms with Gasteiger partial charge in [-0.3, -0.25) is 4.79 Å². The van der Waals surface area contributed by atoms with Crippen LogP contribution in [-0.2, 0) is 16.1 Å². The van der Waals surface area contributed by atoms with E-state index in [1.807, 2.05) is 55.0 Å². The summed E-state index contributed by atoms with van der Waals surface area (Å²) in [6.07, 6.45) is 3.88.